The van der Waals surface area contributed by atoms with E-state index in [9.17, 15) is 13.6 Å². The lowest BCUT2D eigenvalue weighted by Crippen LogP contribution is -2.36. The molecule has 0 spiro atoms. The summed E-state index contributed by atoms with van der Waals surface area (Å²) in [5.74, 6) is -2.31. The number of nitrogens with one attached hydrogen (secondary N) is 1. The van der Waals surface area contributed by atoms with Crippen molar-refractivity contribution in [3.05, 3.63) is 23.8 Å². The number of aldehydes is 1. The fraction of sp³-hybridized carbons (Fsp3) is 0.222. The molecule has 1 aliphatic rings. The third-order valence-corrected chi connectivity index (χ3v) is 2.20. The van der Waals surface area contributed by atoms with Gasteiger partial charge in [-0.2, -0.15) is 0 Å². The largest absolute Gasteiger partial charge is 0.491 e. The first-order valence-electron chi connectivity index (χ1n) is 4.61. The van der Waals surface area contributed by atoms with E-state index in [1.54, 1.807) is 0 Å². The minimum absolute atomic E-state index is 0.103. The van der Waals surface area contributed by atoms with Crippen LogP contribution in [0.5, 0.6) is 5.75 Å². The maximum absolute atomic E-state index is 13.8. The van der Waals surface area contributed by atoms with E-state index >= 15 is 0 Å². The minimum atomic E-state index is -0.943. The van der Waals surface area contributed by atoms with Crippen LogP contribution in [0.3, 0.4) is 0 Å². The van der Waals surface area contributed by atoms with Crippen molar-refractivity contribution in [1.29, 1.82) is 0 Å². The second-order valence-electron chi connectivity index (χ2n) is 3.16. The Morgan fingerprint density at radius 3 is 2.94 bits per heavy atom. The first kappa shape index (κ1) is 11.2. The molecular weight excluding hydrogens is 234 g/mol. The highest BCUT2D eigenvalue weighted by Gasteiger charge is 2.27. The summed E-state index contributed by atoms with van der Waals surface area (Å²) in [4.78, 5) is 10.7. The molecule has 0 aliphatic carbocycles. The van der Waals surface area contributed by atoms with Crippen molar-refractivity contribution in [2.24, 2.45) is 10.4 Å². The van der Waals surface area contributed by atoms with Gasteiger partial charge in [-0.05, 0) is 17.4 Å². The van der Waals surface area contributed by atoms with Crippen molar-refractivity contribution in [3.8, 4) is 5.75 Å². The van der Waals surface area contributed by atoms with Crippen LogP contribution < -0.4 is 15.2 Å². The van der Waals surface area contributed by atoms with Crippen LogP contribution in [-0.2, 0) is 4.79 Å². The van der Waals surface area contributed by atoms with Gasteiger partial charge in [0.2, 0.25) is 0 Å². The van der Waals surface area contributed by atoms with Gasteiger partial charge in [0.25, 0.3) is 0 Å². The first-order chi connectivity index (χ1) is 8.19. The van der Waals surface area contributed by atoms with E-state index in [4.69, 9.17) is 0 Å². The van der Waals surface area contributed by atoms with Crippen LogP contribution in [0.25, 0.3) is 0 Å². The molecule has 6 nitrogen and oxygen atoms in total. The Kier molecular flexibility index (Phi) is 2.86. The number of carbonyl (C=O) groups excluding carboxylic acids is 1. The number of methoxy groups -OCH3 is 1. The van der Waals surface area contributed by atoms with Crippen LogP contribution in [0.4, 0.5) is 14.5 Å². The van der Waals surface area contributed by atoms with Crippen molar-refractivity contribution in [1.82, 2.24) is 5.43 Å². The lowest BCUT2D eigenvalue weighted by Gasteiger charge is -2.18. The van der Waals surface area contributed by atoms with Gasteiger partial charge < -0.3 is 4.74 Å². The zero-order valence-electron chi connectivity index (χ0n) is 8.72. The van der Waals surface area contributed by atoms with Crippen LogP contribution in [0.2, 0.25) is 0 Å². The average Bonchev–Trinajstić information content (AvgIpc) is 2.78. The molecule has 0 radical (unpaired) electrons. The number of nitrogens with zero attached hydrogens (tertiary/aromatic N) is 3. The normalized spacial score (nSPS) is 18.1. The summed E-state index contributed by atoms with van der Waals surface area (Å²) < 4.78 is 31.6. The summed E-state index contributed by atoms with van der Waals surface area (Å²) in [6, 6.07) is 2.17. The highest BCUT2D eigenvalue weighted by molar-refractivity contribution is 5.66. The average molecular weight is 242 g/mol. The lowest BCUT2D eigenvalue weighted by molar-refractivity contribution is -0.109. The molecule has 90 valence electrons. The van der Waals surface area contributed by atoms with Crippen molar-refractivity contribution in [3.63, 3.8) is 0 Å². The van der Waals surface area contributed by atoms with Crippen molar-refractivity contribution >= 4 is 12.0 Å². The van der Waals surface area contributed by atoms with E-state index in [0.717, 1.165) is 24.3 Å². The van der Waals surface area contributed by atoms with E-state index in [-0.39, 0.29) is 5.69 Å². The van der Waals surface area contributed by atoms with Crippen molar-refractivity contribution in [2.45, 2.75) is 6.17 Å². The third kappa shape index (κ3) is 1.77. The van der Waals surface area contributed by atoms with Gasteiger partial charge in [0, 0.05) is 0 Å². The van der Waals surface area contributed by atoms with Crippen LogP contribution in [-0.4, -0.2) is 19.6 Å². The standard InChI is InChI=1S/C9H8F2N4O2/c1-17-9-5(10)2-3-6(8(9)11)15-7(4-16)12-13-14-15/h2-4,7H,1H3,(H,12,14). The first-order valence-corrected chi connectivity index (χ1v) is 4.61. The number of anilines is 1. The smallest absolute Gasteiger partial charge is 0.195 e. The molecule has 1 aromatic carbocycles. The Morgan fingerprint density at radius 1 is 1.53 bits per heavy atom. The zero-order valence-corrected chi connectivity index (χ0v) is 8.72. The van der Waals surface area contributed by atoms with Gasteiger partial charge >= 0.3 is 0 Å². The van der Waals surface area contributed by atoms with Crippen LogP contribution in [0.1, 0.15) is 0 Å². The van der Waals surface area contributed by atoms with Crippen molar-refractivity contribution in [2.75, 3.05) is 12.1 Å². The van der Waals surface area contributed by atoms with Crippen LogP contribution >= 0.6 is 0 Å². The number of halogens is 2. The van der Waals surface area contributed by atoms with Gasteiger partial charge in [0.1, 0.15) is 5.69 Å². The molecule has 0 fully saturated rings. The Bertz CT molecular complexity index is 480. The summed E-state index contributed by atoms with van der Waals surface area (Å²) in [6.45, 7) is 0. The summed E-state index contributed by atoms with van der Waals surface area (Å²) in [6.07, 6.45) is -0.422. The van der Waals surface area contributed by atoms with Gasteiger partial charge in [-0.15, -0.1) is 0 Å². The Labute approximate surface area is 94.8 Å². The second kappa shape index (κ2) is 4.32. The topological polar surface area (TPSA) is 66.3 Å². The van der Waals surface area contributed by atoms with Crippen LogP contribution in [0, 0.1) is 11.6 Å². The summed E-state index contributed by atoms with van der Waals surface area (Å²) in [5, 5.41) is 7.89. The van der Waals surface area contributed by atoms with E-state index in [1.807, 2.05) is 0 Å². The predicted molar refractivity (Wildman–Crippen MR) is 53.2 cm³/mol. The molecule has 17 heavy (non-hydrogen) atoms. The predicted octanol–water partition coefficient (Wildman–Crippen LogP) is 1.19. The number of hydrogen-bond donors (Lipinski definition) is 1. The summed E-state index contributed by atoms with van der Waals surface area (Å²) in [7, 11) is 1.15. The molecule has 1 atom stereocenters. The lowest BCUT2D eigenvalue weighted by atomic mass is 10.2. The molecule has 0 saturated carbocycles. The molecule has 0 bridgehead atoms. The second-order valence-corrected chi connectivity index (χ2v) is 3.16. The van der Waals surface area contributed by atoms with Gasteiger partial charge in [0.05, 0.1) is 7.11 Å². The molecule has 1 aliphatic heterocycles. The molecule has 0 saturated heterocycles. The maximum atomic E-state index is 13.8. The van der Waals surface area contributed by atoms with Gasteiger partial charge in [-0.3, -0.25) is 10.2 Å². The number of benzene rings is 1. The molecule has 0 aromatic heterocycles. The highest BCUT2D eigenvalue weighted by Crippen LogP contribution is 2.31. The molecule has 1 N–H and O–H groups in total. The molecular formula is C9H8F2N4O2. The number of carbonyl (C=O) groups is 1. The minimum Gasteiger partial charge on any atom is -0.491 e. The monoisotopic (exact) mass is 242 g/mol. The Balaban J connectivity index is 2.46. The fourth-order valence-corrected chi connectivity index (χ4v) is 1.42. The quantitative estimate of drug-likeness (QED) is 0.808. The summed E-state index contributed by atoms with van der Waals surface area (Å²) >= 11 is 0. The molecule has 1 aromatic rings. The Hall–Kier alpha value is -2.25. The van der Waals surface area contributed by atoms with E-state index in [1.165, 1.54) is 0 Å². The van der Waals surface area contributed by atoms with Gasteiger partial charge in [-0.25, -0.2) is 13.8 Å². The molecule has 1 heterocycles. The SMILES string of the molecule is COc1c(F)ccc(N2N=NNC2C=O)c1F. The maximum Gasteiger partial charge on any atom is 0.195 e. The highest BCUT2D eigenvalue weighted by atomic mass is 19.1. The molecule has 0 amide bonds. The summed E-state index contributed by atoms with van der Waals surface area (Å²) in [5.41, 5.74) is 2.25. The number of ether oxygens (including phenoxy) is 1. The van der Waals surface area contributed by atoms with E-state index in [0.29, 0.717) is 6.29 Å². The molecule has 8 heteroatoms. The number of rotatable bonds is 3. The fourth-order valence-electron chi connectivity index (χ4n) is 1.42. The van der Waals surface area contributed by atoms with Crippen molar-refractivity contribution < 1.29 is 18.3 Å². The molecule has 2 rings (SSSR count). The molecule has 1 unspecified atom stereocenters. The zero-order chi connectivity index (χ0) is 12.4. The van der Waals surface area contributed by atoms with E-state index in [2.05, 4.69) is 20.6 Å². The van der Waals surface area contributed by atoms with E-state index < -0.39 is 23.5 Å². The third-order valence-electron chi connectivity index (χ3n) is 2.20. The number of hydrogen-bond acceptors (Lipinski definition) is 6. The van der Waals surface area contributed by atoms with Gasteiger partial charge in [-0.1, -0.05) is 5.22 Å². The van der Waals surface area contributed by atoms with Gasteiger partial charge in [0.15, 0.2) is 29.8 Å². The Morgan fingerprint density at radius 2 is 2.29 bits per heavy atom. The van der Waals surface area contributed by atoms with Crippen LogP contribution in [0.15, 0.2) is 22.6 Å².